The van der Waals surface area contributed by atoms with Gasteiger partial charge in [-0.2, -0.15) is 0 Å². The van der Waals surface area contributed by atoms with E-state index in [2.05, 4.69) is 16.4 Å². The van der Waals surface area contributed by atoms with E-state index in [1.54, 1.807) is 0 Å². The molecule has 1 fully saturated rings. The Morgan fingerprint density at radius 1 is 1.06 bits per heavy atom. The van der Waals surface area contributed by atoms with Crippen molar-refractivity contribution >= 4 is 12.0 Å². The Balaban J connectivity index is 1.23. The van der Waals surface area contributed by atoms with Crippen LogP contribution >= 0.6 is 0 Å². The number of alkyl carbamates (subject to hydrolysis) is 1. The zero-order valence-electron chi connectivity index (χ0n) is 18.2. The number of imide groups is 1. The highest BCUT2D eigenvalue weighted by Crippen LogP contribution is 2.23. The van der Waals surface area contributed by atoms with E-state index < -0.39 is 12.2 Å². The molecule has 166 valence electrons. The minimum atomic E-state index is -0.670. The van der Waals surface area contributed by atoms with Gasteiger partial charge < -0.3 is 13.9 Å². The molecule has 7 nitrogen and oxygen atoms in total. The van der Waals surface area contributed by atoms with Crippen LogP contribution in [0.1, 0.15) is 35.4 Å². The molecular weight excluding hydrogens is 408 g/mol. The van der Waals surface area contributed by atoms with E-state index in [0.717, 1.165) is 41.2 Å². The van der Waals surface area contributed by atoms with Gasteiger partial charge in [0, 0.05) is 12.0 Å². The lowest BCUT2D eigenvalue weighted by molar-refractivity contribution is -0.123. The predicted octanol–water partition coefficient (Wildman–Crippen LogP) is 4.54. The maximum atomic E-state index is 11.5. The highest BCUT2D eigenvalue weighted by molar-refractivity contribution is 5.99. The molecule has 4 rings (SSSR count). The fourth-order valence-electron chi connectivity index (χ4n) is 3.65. The van der Waals surface area contributed by atoms with Crippen molar-refractivity contribution in [1.29, 1.82) is 0 Å². The van der Waals surface area contributed by atoms with Crippen LogP contribution < -0.4 is 10.1 Å². The second-order valence-electron chi connectivity index (χ2n) is 7.91. The molecule has 0 saturated carbocycles. The topological polar surface area (TPSA) is 90.7 Å². The third-order valence-corrected chi connectivity index (χ3v) is 5.39. The number of carbonyl (C=O) groups is 2. The molecule has 1 unspecified atom stereocenters. The van der Waals surface area contributed by atoms with Crippen LogP contribution in [0.5, 0.6) is 5.75 Å². The van der Waals surface area contributed by atoms with Gasteiger partial charge in [-0.15, -0.1) is 0 Å². The van der Waals surface area contributed by atoms with Crippen molar-refractivity contribution in [3.8, 4) is 17.2 Å². The van der Waals surface area contributed by atoms with Gasteiger partial charge in [-0.3, -0.25) is 10.1 Å². The number of hydrogen-bond acceptors (Lipinski definition) is 6. The maximum absolute atomic E-state index is 11.5. The van der Waals surface area contributed by atoms with Gasteiger partial charge in [0.2, 0.25) is 5.89 Å². The number of nitrogens with zero attached hydrogens (tertiary/aromatic N) is 1. The van der Waals surface area contributed by atoms with Crippen molar-refractivity contribution in [2.24, 2.45) is 0 Å². The number of ether oxygens (including phenoxy) is 2. The lowest BCUT2D eigenvalue weighted by atomic mass is 10.1. The summed E-state index contributed by atoms with van der Waals surface area (Å²) in [7, 11) is 0. The first-order valence-corrected chi connectivity index (χ1v) is 10.7. The Bertz CT molecular complexity index is 1100. The van der Waals surface area contributed by atoms with Crippen LogP contribution in [0, 0.1) is 13.8 Å². The fraction of sp³-hybridized carbons (Fsp3) is 0.320. The first kappa shape index (κ1) is 21.6. The molecule has 1 N–H and O–H groups in total. The summed E-state index contributed by atoms with van der Waals surface area (Å²) in [6.07, 6.45) is 1.38. The van der Waals surface area contributed by atoms with Gasteiger partial charge >= 0.3 is 6.09 Å². The van der Waals surface area contributed by atoms with E-state index >= 15 is 0 Å². The minimum absolute atomic E-state index is 0.355. The van der Waals surface area contributed by atoms with E-state index in [0.29, 0.717) is 25.3 Å². The van der Waals surface area contributed by atoms with Crippen molar-refractivity contribution in [1.82, 2.24) is 10.3 Å². The zero-order chi connectivity index (χ0) is 22.5. The molecular formula is C25H26N2O5. The molecule has 1 aromatic heterocycles. The Morgan fingerprint density at radius 2 is 1.88 bits per heavy atom. The van der Waals surface area contributed by atoms with Crippen molar-refractivity contribution in [3.05, 3.63) is 71.1 Å². The van der Waals surface area contributed by atoms with Crippen LogP contribution in [0.3, 0.4) is 0 Å². The molecule has 7 heteroatoms. The Morgan fingerprint density at radius 3 is 2.59 bits per heavy atom. The number of carbonyl (C=O) groups excluding carboxylic acids is 2. The number of oxazole rings is 1. The molecule has 32 heavy (non-hydrogen) atoms. The van der Waals surface area contributed by atoms with Crippen LogP contribution in [0.2, 0.25) is 0 Å². The summed E-state index contributed by atoms with van der Waals surface area (Å²) in [5.74, 6) is 1.88. The molecule has 0 bridgehead atoms. The smallest absolute Gasteiger partial charge is 0.414 e. The van der Waals surface area contributed by atoms with E-state index in [4.69, 9.17) is 13.9 Å². The van der Waals surface area contributed by atoms with E-state index in [9.17, 15) is 9.59 Å². The van der Waals surface area contributed by atoms with Gasteiger partial charge in [-0.05, 0) is 62.9 Å². The third kappa shape index (κ3) is 5.35. The van der Waals surface area contributed by atoms with Crippen LogP contribution in [0.15, 0.2) is 52.9 Å². The molecule has 1 atom stereocenters. The third-order valence-electron chi connectivity index (χ3n) is 5.39. The lowest BCUT2D eigenvalue weighted by Crippen LogP contribution is -2.24. The van der Waals surface area contributed by atoms with Gasteiger partial charge in [-0.1, -0.05) is 29.8 Å². The zero-order valence-corrected chi connectivity index (χ0v) is 18.2. The summed E-state index contributed by atoms with van der Waals surface area (Å²) < 4.78 is 16.6. The van der Waals surface area contributed by atoms with Gasteiger partial charge in [0.05, 0.1) is 12.3 Å². The molecule has 3 aromatic rings. The highest BCUT2D eigenvalue weighted by Gasteiger charge is 2.31. The number of hydrogen-bond donors (Lipinski definition) is 1. The van der Waals surface area contributed by atoms with E-state index in [1.165, 1.54) is 5.56 Å². The highest BCUT2D eigenvalue weighted by atomic mass is 16.6. The fourth-order valence-corrected chi connectivity index (χ4v) is 3.65. The number of aryl methyl sites for hydroxylation is 3. The Kier molecular flexibility index (Phi) is 6.54. The van der Waals surface area contributed by atoms with Gasteiger partial charge in [0.25, 0.3) is 5.91 Å². The van der Waals surface area contributed by atoms with E-state index in [1.807, 2.05) is 56.3 Å². The first-order valence-electron chi connectivity index (χ1n) is 10.7. The Labute approximate surface area is 186 Å². The van der Waals surface area contributed by atoms with Crippen molar-refractivity contribution < 1.29 is 23.5 Å². The number of amides is 2. The maximum Gasteiger partial charge on any atom is 0.414 e. The SMILES string of the molecule is Cc1cccc(-c2nc(CCOc3ccc(CCCC4OC(=O)NC4=O)cc3)c(C)o2)c1. The number of benzene rings is 2. The van der Waals surface area contributed by atoms with Crippen LogP contribution in [0.25, 0.3) is 11.5 Å². The van der Waals surface area contributed by atoms with Crippen LogP contribution in [0.4, 0.5) is 4.79 Å². The average molecular weight is 434 g/mol. The predicted molar refractivity (Wildman–Crippen MR) is 118 cm³/mol. The van der Waals surface area contributed by atoms with Gasteiger partial charge in [0.15, 0.2) is 6.10 Å². The monoisotopic (exact) mass is 434 g/mol. The summed E-state index contributed by atoms with van der Waals surface area (Å²) in [6, 6.07) is 16.0. The molecule has 0 spiro atoms. The summed E-state index contributed by atoms with van der Waals surface area (Å²) in [4.78, 5) is 27.2. The summed E-state index contributed by atoms with van der Waals surface area (Å²) >= 11 is 0. The second-order valence-corrected chi connectivity index (χ2v) is 7.91. The van der Waals surface area contributed by atoms with Gasteiger partial charge in [0.1, 0.15) is 11.5 Å². The molecule has 2 heterocycles. The molecule has 2 amide bonds. The van der Waals surface area contributed by atoms with Crippen LogP contribution in [-0.4, -0.2) is 29.7 Å². The second kappa shape index (κ2) is 9.68. The standard InChI is InChI=1S/C25H26N2O5/c1-16-5-3-7-19(15-16)24-26-21(17(2)31-24)13-14-30-20-11-9-18(10-12-20)6-4-8-22-23(28)27-25(29)32-22/h3,5,7,9-12,15,22H,4,6,8,13-14H2,1-2H3,(H,27,28,29). The summed E-state index contributed by atoms with van der Waals surface area (Å²) in [5, 5.41) is 2.14. The van der Waals surface area contributed by atoms with Crippen molar-refractivity contribution in [3.63, 3.8) is 0 Å². The summed E-state index contributed by atoms with van der Waals surface area (Å²) in [6.45, 7) is 4.47. The minimum Gasteiger partial charge on any atom is -0.493 e. The number of nitrogens with one attached hydrogen (secondary N) is 1. The average Bonchev–Trinajstić information content (AvgIpc) is 3.30. The molecule has 1 saturated heterocycles. The van der Waals surface area contributed by atoms with Crippen molar-refractivity contribution in [2.45, 2.75) is 45.6 Å². The lowest BCUT2D eigenvalue weighted by Gasteiger charge is -2.08. The molecule has 0 radical (unpaired) electrons. The molecule has 1 aliphatic heterocycles. The molecule has 2 aromatic carbocycles. The van der Waals surface area contributed by atoms with Crippen LogP contribution in [-0.2, 0) is 22.4 Å². The first-order chi connectivity index (χ1) is 15.5. The molecule has 1 aliphatic rings. The quantitative estimate of drug-likeness (QED) is 0.532. The van der Waals surface area contributed by atoms with Gasteiger partial charge in [-0.25, -0.2) is 9.78 Å². The van der Waals surface area contributed by atoms with E-state index in [-0.39, 0.29) is 5.91 Å². The summed E-state index contributed by atoms with van der Waals surface area (Å²) in [5.41, 5.74) is 4.17. The number of rotatable bonds is 9. The largest absolute Gasteiger partial charge is 0.493 e. The number of cyclic esters (lactones) is 1. The molecule has 0 aliphatic carbocycles. The Hall–Kier alpha value is -3.61. The normalized spacial score (nSPS) is 15.5. The van der Waals surface area contributed by atoms with Crippen molar-refractivity contribution in [2.75, 3.05) is 6.61 Å². The number of aromatic nitrogens is 1.